The molecule has 1 aromatic heterocycles. The highest BCUT2D eigenvalue weighted by Gasteiger charge is 2.34. The van der Waals surface area contributed by atoms with Gasteiger partial charge in [0.25, 0.3) is 5.91 Å². The van der Waals surface area contributed by atoms with E-state index in [4.69, 9.17) is 0 Å². The first kappa shape index (κ1) is 16.2. The normalized spacial score (nSPS) is 20.8. The Hall–Kier alpha value is -2.70. The molecule has 2 atom stereocenters. The predicted molar refractivity (Wildman–Crippen MR) is 84.8 cm³/mol. The van der Waals surface area contributed by atoms with Gasteiger partial charge in [0.05, 0.1) is 23.4 Å². The van der Waals surface area contributed by atoms with Crippen LogP contribution in [-0.4, -0.2) is 45.2 Å². The number of aromatic nitrogens is 2. The van der Waals surface area contributed by atoms with Crippen molar-refractivity contribution < 1.29 is 19.1 Å². The van der Waals surface area contributed by atoms with E-state index >= 15 is 0 Å². The van der Waals surface area contributed by atoms with Crippen LogP contribution in [0.2, 0.25) is 0 Å². The minimum absolute atomic E-state index is 0.110. The van der Waals surface area contributed by atoms with Gasteiger partial charge in [-0.15, -0.1) is 0 Å². The molecule has 2 unspecified atom stereocenters. The lowest BCUT2D eigenvalue weighted by atomic mass is 9.87. The van der Waals surface area contributed by atoms with Gasteiger partial charge in [-0.3, -0.25) is 14.7 Å². The lowest BCUT2D eigenvalue weighted by molar-refractivity contribution is -0.145. The molecule has 7 heteroatoms. The maximum atomic E-state index is 13.1. The van der Waals surface area contributed by atoms with E-state index in [2.05, 4.69) is 10.2 Å². The molecule has 1 amide bonds. The average molecular weight is 331 g/mol. The standard InChI is InChI=1S/C17H18FN3O3/c1-10-9-21(7-6-13(10)17(23)24)16(22)14-8-19-20-15(14)11-2-4-12(18)5-3-11/h2-5,8,10,13H,6-7,9H2,1H3,(H,19,20)(H,23,24). The molecule has 0 saturated carbocycles. The Kier molecular flexibility index (Phi) is 4.33. The Bertz CT molecular complexity index is 757. The van der Waals surface area contributed by atoms with Crippen molar-refractivity contribution in [2.24, 2.45) is 11.8 Å². The van der Waals surface area contributed by atoms with Gasteiger partial charge in [-0.25, -0.2) is 4.39 Å². The second-order valence-electron chi connectivity index (χ2n) is 6.13. The van der Waals surface area contributed by atoms with Gasteiger partial charge in [0, 0.05) is 18.7 Å². The molecule has 2 N–H and O–H groups in total. The van der Waals surface area contributed by atoms with Crippen molar-refractivity contribution >= 4 is 11.9 Å². The highest BCUT2D eigenvalue weighted by molar-refractivity contribution is 5.99. The molecular formula is C17H18FN3O3. The number of hydrogen-bond donors (Lipinski definition) is 2. The van der Waals surface area contributed by atoms with E-state index in [1.54, 1.807) is 17.0 Å². The van der Waals surface area contributed by atoms with E-state index in [1.165, 1.54) is 18.3 Å². The zero-order chi connectivity index (χ0) is 17.3. The molecule has 126 valence electrons. The fraction of sp³-hybridized carbons (Fsp3) is 0.353. The fourth-order valence-corrected chi connectivity index (χ4v) is 3.15. The van der Waals surface area contributed by atoms with Gasteiger partial charge >= 0.3 is 5.97 Å². The van der Waals surface area contributed by atoms with Crippen molar-refractivity contribution in [3.05, 3.63) is 41.8 Å². The SMILES string of the molecule is CC1CN(C(=O)c2cn[nH]c2-c2ccc(F)cc2)CCC1C(=O)O. The molecule has 1 aliphatic rings. The molecule has 2 aromatic rings. The molecule has 24 heavy (non-hydrogen) atoms. The number of carbonyl (C=O) groups is 2. The van der Waals surface area contributed by atoms with Crippen molar-refractivity contribution in [1.29, 1.82) is 0 Å². The van der Waals surface area contributed by atoms with Crippen LogP contribution >= 0.6 is 0 Å². The Balaban J connectivity index is 1.81. The number of nitrogens with one attached hydrogen (secondary N) is 1. The van der Waals surface area contributed by atoms with Crippen molar-refractivity contribution in [3.63, 3.8) is 0 Å². The number of H-pyrrole nitrogens is 1. The second-order valence-corrected chi connectivity index (χ2v) is 6.13. The summed E-state index contributed by atoms with van der Waals surface area (Å²) < 4.78 is 13.1. The summed E-state index contributed by atoms with van der Waals surface area (Å²) >= 11 is 0. The van der Waals surface area contributed by atoms with E-state index < -0.39 is 11.9 Å². The van der Waals surface area contributed by atoms with Gasteiger partial charge < -0.3 is 10.0 Å². The van der Waals surface area contributed by atoms with Crippen molar-refractivity contribution in [2.75, 3.05) is 13.1 Å². The minimum atomic E-state index is -0.815. The lowest BCUT2D eigenvalue weighted by Gasteiger charge is -2.34. The number of amides is 1. The summed E-state index contributed by atoms with van der Waals surface area (Å²) in [5, 5.41) is 15.9. The average Bonchev–Trinajstić information content (AvgIpc) is 3.04. The molecule has 1 fully saturated rings. The number of nitrogens with zero attached hydrogens (tertiary/aromatic N) is 2. The van der Waals surface area contributed by atoms with Crippen LogP contribution in [0.15, 0.2) is 30.5 Å². The van der Waals surface area contributed by atoms with Gasteiger partial charge in [-0.2, -0.15) is 5.10 Å². The molecule has 0 bridgehead atoms. The zero-order valence-corrected chi connectivity index (χ0v) is 13.2. The number of hydrogen-bond acceptors (Lipinski definition) is 3. The summed E-state index contributed by atoms with van der Waals surface area (Å²) in [5.41, 5.74) is 1.61. The first-order valence-corrected chi connectivity index (χ1v) is 7.78. The van der Waals surface area contributed by atoms with E-state index in [0.29, 0.717) is 36.3 Å². The molecule has 0 spiro atoms. The molecule has 0 aliphatic carbocycles. The lowest BCUT2D eigenvalue weighted by Crippen LogP contribution is -2.45. The number of carbonyl (C=O) groups excluding carboxylic acids is 1. The third-order valence-corrected chi connectivity index (χ3v) is 4.51. The van der Waals surface area contributed by atoms with Crippen LogP contribution in [-0.2, 0) is 4.79 Å². The number of aliphatic carboxylic acids is 1. The first-order valence-electron chi connectivity index (χ1n) is 7.78. The van der Waals surface area contributed by atoms with Crippen LogP contribution in [0.3, 0.4) is 0 Å². The number of halogens is 1. The quantitative estimate of drug-likeness (QED) is 0.904. The number of carboxylic acid groups (broad SMARTS) is 1. The minimum Gasteiger partial charge on any atom is -0.481 e. The van der Waals surface area contributed by atoms with Crippen molar-refractivity contribution in [3.8, 4) is 11.3 Å². The second kappa shape index (κ2) is 6.43. The van der Waals surface area contributed by atoms with E-state index in [1.807, 2.05) is 6.92 Å². The van der Waals surface area contributed by atoms with Gasteiger partial charge in [0.2, 0.25) is 0 Å². The number of aromatic amines is 1. The molecule has 0 radical (unpaired) electrons. The Morgan fingerprint density at radius 1 is 1.33 bits per heavy atom. The summed E-state index contributed by atoms with van der Waals surface area (Å²) in [6.07, 6.45) is 1.89. The largest absolute Gasteiger partial charge is 0.481 e. The van der Waals surface area contributed by atoms with Gasteiger partial charge in [0.15, 0.2) is 0 Å². The summed E-state index contributed by atoms with van der Waals surface area (Å²) in [5.74, 6) is -1.89. The summed E-state index contributed by atoms with van der Waals surface area (Å²) in [4.78, 5) is 25.6. The highest BCUT2D eigenvalue weighted by atomic mass is 19.1. The van der Waals surface area contributed by atoms with Crippen molar-refractivity contribution in [2.45, 2.75) is 13.3 Å². The van der Waals surface area contributed by atoms with Gasteiger partial charge in [0.1, 0.15) is 5.82 Å². The summed E-state index contributed by atoms with van der Waals surface area (Å²) in [6.45, 7) is 2.63. The van der Waals surface area contributed by atoms with Crippen LogP contribution in [0.4, 0.5) is 4.39 Å². The monoisotopic (exact) mass is 331 g/mol. The maximum absolute atomic E-state index is 13.1. The Morgan fingerprint density at radius 2 is 2.04 bits per heavy atom. The molecule has 1 aromatic carbocycles. The zero-order valence-electron chi connectivity index (χ0n) is 13.2. The number of carboxylic acids is 1. The summed E-state index contributed by atoms with van der Waals surface area (Å²) in [7, 11) is 0. The molecule has 2 heterocycles. The van der Waals surface area contributed by atoms with Crippen LogP contribution < -0.4 is 0 Å². The molecular weight excluding hydrogens is 313 g/mol. The number of likely N-dealkylation sites (tertiary alicyclic amines) is 1. The molecule has 6 nitrogen and oxygen atoms in total. The summed E-state index contributed by atoms with van der Waals surface area (Å²) in [6, 6.07) is 5.81. The van der Waals surface area contributed by atoms with E-state index in [-0.39, 0.29) is 17.6 Å². The van der Waals surface area contributed by atoms with Crippen molar-refractivity contribution in [1.82, 2.24) is 15.1 Å². The van der Waals surface area contributed by atoms with E-state index in [0.717, 1.165) is 0 Å². The Labute approximate surface area is 138 Å². The molecule has 1 aliphatic heterocycles. The number of benzene rings is 1. The van der Waals surface area contributed by atoms with Crippen LogP contribution in [0.25, 0.3) is 11.3 Å². The smallest absolute Gasteiger partial charge is 0.306 e. The van der Waals surface area contributed by atoms with Crippen LogP contribution in [0.1, 0.15) is 23.7 Å². The topological polar surface area (TPSA) is 86.3 Å². The van der Waals surface area contributed by atoms with Crippen LogP contribution in [0.5, 0.6) is 0 Å². The first-order chi connectivity index (χ1) is 11.5. The molecule has 1 saturated heterocycles. The van der Waals surface area contributed by atoms with E-state index in [9.17, 15) is 19.1 Å². The Morgan fingerprint density at radius 3 is 2.67 bits per heavy atom. The number of rotatable bonds is 3. The predicted octanol–water partition coefficient (Wildman–Crippen LogP) is 2.40. The number of piperidine rings is 1. The fourth-order valence-electron chi connectivity index (χ4n) is 3.15. The van der Waals surface area contributed by atoms with Gasteiger partial charge in [-0.05, 0) is 36.6 Å². The van der Waals surface area contributed by atoms with Gasteiger partial charge in [-0.1, -0.05) is 6.92 Å². The molecule has 3 rings (SSSR count). The maximum Gasteiger partial charge on any atom is 0.306 e. The highest BCUT2D eigenvalue weighted by Crippen LogP contribution is 2.27. The van der Waals surface area contributed by atoms with Crippen LogP contribution in [0, 0.1) is 17.7 Å². The third-order valence-electron chi connectivity index (χ3n) is 4.51. The third kappa shape index (κ3) is 3.02.